The fraction of sp³-hybridized carbons (Fsp3) is 0.440. The third-order valence-electron chi connectivity index (χ3n) is 6.69. The fourth-order valence-corrected chi connectivity index (χ4v) is 4.99. The summed E-state index contributed by atoms with van der Waals surface area (Å²) in [5, 5.41) is 5.42. The molecule has 1 atom stereocenters. The summed E-state index contributed by atoms with van der Waals surface area (Å²) in [6, 6.07) is 10.1. The monoisotopic (exact) mass is 430 g/mol. The van der Waals surface area contributed by atoms with E-state index in [1.807, 2.05) is 43.1 Å². The number of pyridine rings is 1. The van der Waals surface area contributed by atoms with Crippen molar-refractivity contribution in [1.29, 1.82) is 0 Å². The zero-order valence-electron chi connectivity index (χ0n) is 19.5. The molecule has 1 aliphatic rings. The van der Waals surface area contributed by atoms with Gasteiger partial charge in [-0.3, -0.25) is 9.48 Å². The molecule has 1 saturated heterocycles. The molecule has 4 heterocycles. The molecule has 4 aromatic rings. The average Bonchev–Trinajstić information content (AvgIpc) is 3.28. The van der Waals surface area contributed by atoms with Crippen molar-refractivity contribution in [2.24, 2.45) is 14.1 Å². The van der Waals surface area contributed by atoms with Gasteiger partial charge in [0, 0.05) is 26.3 Å². The second-order valence-electron chi connectivity index (χ2n) is 9.18. The zero-order valence-corrected chi connectivity index (χ0v) is 19.5. The minimum absolute atomic E-state index is 0.0451. The van der Waals surface area contributed by atoms with E-state index in [0.717, 1.165) is 65.1 Å². The maximum atomic E-state index is 14.1. The molecule has 166 valence electrons. The molecule has 0 aliphatic carbocycles. The molecule has 1 aromatic carbocycles. The summed E-state index contributed by atoms with van der Waals surface area (Å²) in [5.41, 5.74) is 5.30. The van der Waals surface area contributed by atoms with Crippen LogP contribution in [0.25, 0.3) is 22.1 Å². The number of likely N-dealkylation sites (tertiary alicyclic amines) is 1. The Kier molecular flexibility index (Phi) is 4.99. The van der Waals surface area contributed by atoms with Crippen LogP contribution in [-0.2, 0) is 14.1 Å². The van der Waals surface area contributed by atoms with E-state index in [4.69, 9.17) is 9.97 Å². The van der Waals surface area contributed by atoms with Crippen LogP contribution in [0.4, 0.5) is 0 Å². The van der Waals surface area contributed by atoms with Gasteiger partial charge in [-0.2, -0.15) is 5.10 Å². The van der Waals surface area contributed by atoms with Crippen molar-refractivity contribution >= 4 is 28.0 Å². The van der Waals surface area contributed by atoms with Crippen LogP contribution in [0, 0.1) is 6.92 Å². The number of rotatable bonds is 3. The predicted molar refractivity (Wildman–Crippen MR) is 126 cm³/mol. The van der Waals surface area contributed by atoms with Crippen LogP contribution in [0.15, 0.2) is 30.3 Å². The maximum Gasteiger partial charge on any atom is 0.255 e. The maximum absolute atomic E-state index is 14.1. The molecular weight excluding hydrogens is 400 g/mol. The number of piperidine rings is 1. The Hall–Kier alpha value is -3.22. The van der Waals surface area contributed by atoms with Crippen LogP contribution < -0.4 is 0 Å². The molecule has 7 heteroatoms. The Bertz CT molecular complexity index is 1330. The lowest BCUT2D eigenvalue weighted by atomic mass is 9.98. The summed E-state index contributed by atoms with van der Waals surface area (Å²) in [7, 11) is 3.94. The van der Waals surface area contributed by atoms with E-state index in [2.05, 4.69) is 36.6 Å². The number of hydrogen-bond donors (Lipinski definition) is 0. The van der Waals surface area contributed by atoms with Crippen LogP contribution in [0.1, 0.15) is 72.6 Å². The van der Waals surface area contributed by atoms with Gasteiger partial charge in [0.2, 0.25) is 0 Å². The Morgan fingerprint density at radius 3 is 2.66 bits per heavy atom. The molecule has 7 nitrogen and oxygen atoms in total. The number of aromatic nitrogens is 5. The van der Waals surface area contributed by atoms with Gasteiger partial charge in [-0.05, 0) is 50.3 Å². The molecule has 0 spiro atoms. The van der Waals surface area contributed by atoms with Gasteiger partial charge in [0.1, 0.15) is 5.82 Å². The highest BCUT2D eigenvalue weighted by molar-refractivity contribution is 6.06. The summed E-state index contributed by atoms with van der Waals surface area (Å²) in [6.07, 6.45) is 3.01. The molecule has 0 radical (unpaired) electrons. The number of benzene rings is 1. The van der Waals surface area contributed by atoms with Gasteiger partial charge in [0.05, 0.1) is 33.7 Å². The number of nitrogens with zero attached hydrogens (tertiary/aromatic N) is 6. The number of carbonyl (C=O) groups is 1. The SMILES string of the molecule is Cc1nn(C)c2nc(C(C)C)cc(C(=O)N3CCCC[C@@H]3c3nc4ccccc4n3C)c12. The molecule has 1 fully saturated rings. The number of aryl methyl sites for hydroxylation is 3. The number of para-hydroxylation sites is 2. The van der Waals surface area contributed by atoms with Gasteiger partial charge in [-0.25, -0.2) is 9.97 Å². The Morgan fingerprint density at radius 2 is 1.91 bits per heavy atom. The molecule has 0 N–H and O–H groups in total. The van der Waals surface area contributed by atoms with E-state index in [1.165, 1.54) is 0 Å². The molecule has 32 heavy (non-hydrogen) atoms. The number of amides is 1. The van der Waals surface area contributed by atoms with Gasteiger partial charge in [0.15, 0.2) is 5.65 Å². The highest BCUT2D eigenvalue weighted by Gasteiger charge is 2.33. The van der Waals surface area contributed by atoms with E-state index < -0.39 is 0 Å². The first-order valence-corrected chi connectivity index (χ1v) is 11.4. The normalized spacial score (nSPS) is 17.1. The van der Waals surface area contributed by atoms with E-state index in [9.17, 15) is 4.79 Å². The molecule has 3 aromatic heterocycles. The lowest BCUT2D eigenvalue weighted by Gasteiger charge is -2.35. The molecule has 1 amide bonds. The van der Waals surface area contributed by atoms with Crippen molar-refractivity contribution in [3.05, 3.63) is 53.1 Å². The van der Waals surface area contributed by atoms with Crippen molar-refractivity contribution in [3.8, 4) is 0 Å². The van der Waals surface area contributed by atoms with Crippen LogP contribution >= 0.6 is 0 Å². The average molecular weight is 431 g/mol. The van der Waals surface area contributed by atoms with Gasteiger partial charge < -0.3 is 9.47 Å². The molecule has 1 aliphatic heterocycles. The van der Waals surface area contributed by atoms with Gasteiger partial charge >= 0.3 is 0 Å². The second kappa shape index (κ2) is 7.73. The summed E-state index contributed by atoms with van der Waals surface area (Å²) in [6.45, 7) is 6.89. The third-order valence-corrected chi connectivity index (χ3v) is 6.69. The number of fused-ring (bicyclic) bond motifs is 2. The first-order chi connectivity index (χ1) is 15.4. The quantitative estimate of drug-likeness (QED) is 0.474. The largest absolute Gasteiger partial charge is 0.329 e. The first kappa shape index (κ1) is 20.7. The predicted octanol–water partition coefficient (Wildman–Crippen LogP) is 4.65. The summed E-state index contributed by atoms with van der Waals surface area (Å²) in [4.78, 5) is 25.9. The highest BCUT2D eigenvalue weighted by Crippen LogP contribution is 2.35. The third kappa shape index (κ3) is 3.18. The molecule has 5 rings (SSSR count). The zero-order chi connectivity index (χ0) is 22.6. The first-order valence-electron chi connectivity index (χ1n) is 11.4. The molecule has 0 saturated carbocycles. The topological polar surface area (TPSA) is 68.8 Å². The standard InChI is InChI=1S/C25H30N6O/c1-15(2)19-14-17(22-16(3)28-30(5)24(22)27-19)25(32)31-13-9-8-12-21(31)23-26-18-10-6-7-11-20(18)29(23)4/h6-7,10-11,14-15,21H,8-9,12-13H2,1-5H3/t21-/m1/s1. The van der Waals surface area contributed by atoms with Crippen molar-refractivity contribution in [3.63, 3.8) is 0 Å². The highest BCUT2D eigenvalue weighted by atomic mass is 16.2. The molecule has 0 unspecified atom stereocenters. The van der Waals surface area contributed by atoms with Crippen molar-refractivity contribution in [1.82, 2.24) is 29.2 Å². The smallest absolute Gasteiger partial charge is 0.255 e. The van der Waals surface area contributed by atoms with E-state index in [1.54, 1.807) is 4.68 Å². The van der Waals surface area contributed by atoms with Gasteiger partial charge in [0.25, 0.3) is 5.91 Å². The minimum atomic E-state index is -0.0451. The van der Waals surface area contributed by atoms with Crippen molar-refractivity contribution in [2.45, 2.75) is 52.0 Å². The van der Waals surface area contributed by atoms with E-state index in [0.29, 0.717) is 5.56 Å². The van der Waals surface area contributed by atoms with Gasteiger partial charge in [-0.15, -0.1) is 0 Å². The number of carbonyl (C=O) groups excluding carboxylic acids is 1. The summed E-state index contributed by atoms with van der Waals surface area (Å²) >= 11 is 0. The summed E-state index contributed by atoms with van der Waals surface area (Å²) in [5.74, 6) is 1.22. The lowest BCUT2D eigenvalue weighted by Crippen LogP contribution is -2.39. The molecular formula is C25H30N6O. The van der Waals surface area contributed by atoms with E-state index >= 15 is 0 Å². The fourth-order valence-electron chi connectivity index (χ4n) is 4.99. The Morgan fingerprint density at radius 1 is 1.12 bits per heavy atom. The van der Waals surface area contributed by atoms with Crippen LogP contribution in [0.5, 0.6) is 0 Å². The molecule has 0 bridgehead atoms. The minimum Gasteiger partial charge on any atom is -0.329 e. The Balaban J connectivity index is 1.64. The lowest BCUT2D eigenvalue weighted by molar-refractivity contribution is 0.0599. The second-order valence-corrected chi connectivity index (χ2v) is 9.18. The number of imidazole rings is 1. The van der Waals surface area contributed by atoms with Crippen LogP contribution in [-0.4, -0.2) is 41.7 Å². The number of hydrogen-bond acceptors (Lipinski definition) is 4. The van der Waals surface area contributed by atoms with Crippen molar-refractivity contribution < 1.29 is 4.79 Å². The van der Waals surface area contributed by atoms with Crippen LogP contribution in [0.2, 0.25) is 0 Å². The Labute approximate surface area is 188 Å². The van der Waals surface area contributed by atoms with E-state index in [-0.39, 0.29) is 17.9 Å². The van der Waals surface area contributed by atoms with Crippen molar-refractivity contribution in [2.75, 3.05) is 6.54 Å². The summed E-state index contributed by atoms with van der Waals surface area (Å²) < 4.78 is 3.93. The van der Waals surface area contributed by atoms with Gasteiger partial charge in [-0.1, -0.05) is 26.0 Å². The van der Waals surface area contributed by atoms with Crippen LogP contribution in [0.3, 0.4) is 0 Å².